The zero-order chi connectivity index (χ0) is 11.0. The molecule has 2 N–H and O–H groups in total. The number of hydrogen-bond donors (Lipinski definition) is 1. The number of benzene rings is 1. The molecule has 0 aliphatic carbocycles. The molecule has 0 spiro atoms. The van der Waals surface area contributed by atoms with Crippen molar-refractivity contribution in [1.29, 1.82) is 0 Å². The van der Waals surface area contributed by atoms with Crippen LogP contribution in [0.2, 0.25) is 0 Å². The average Bonchev–Trinajstić information content (AvgIpc) is 2.58. The molecule has 0 atom stereocenters. The highest BCUT2D eigenvalue weighted by molar-refractivity contribution is 6.05. The second-order valence-corrected chi connectivity index (χ2v) is 3.43. The van der Waals surface area contributed by atoms with Crippen LogP contribution in [0.3, 0.4) is 0 Å². The minimum absolute atomic E-state index is 0.0638. The van der Waals surface area contributed by atoms with E-state index in [-0.39, 0.29) is 5.78 Å². The molecule has 0 aliphatic rings. The molecule has 1 aromatic heterocycles. The summed E-state index contributed by atoms with van der Waals surface area (Å²) >= 11 is 0. The second-order valence-electron chi connectivity index (χ2n) is 3.43. The van der Waals surface area contributed by atoms with Crippen LogP contribution in [-0.4, -0.2) is 10.8 Å². The molecule has 0 amide bonds. The van der Waals surface area contributed by atoms with Gasteiger partial charge in [-0.15, -0.1) is 0 Å². The third-order valence-corrected chi connectivity index (χ3v) is 2.24. The maximum atomic E-state index is 11.4. The van der Waals surface area contributed by atoms with Crippen molar-refractivity contribution in [3.8, 4) is 0 Å². The summed E-state index contributed by atoms with van der Waals surface area (Å²) in [6, 6.07) is 3.33. The number of oxazole rings is 1. The van der Waals surface area contributed by atoms with Crippen LogP contribution in [0.25, 0.3) is 11.1 Å². The number of nitrogen functional groups attached to an aromatic ring is 1. The largest absolute Gasteiger partial charge is 0.440 e. The van der Waals surface area contributed by atoms with E-state index >= 15 is 0 Å². The van der Waals surface area contributed by atoms with Crippen molar-refractivity contribution in [3.63, 3.8) is 0 Å². The van der Waals surface area contributed by atoms with Gasteiger partial charge in [0.1, 0.15) is 5.52 Å². The van der Waals surface area contributed by atoms with Gasteiger partial charge in [0.05, 0.1) is 5.56 Å². The molecule has 0 saturated heterocycles. The first-order valence-electron chi connectivity index (χ1n) is 4.81. The zero-order valence-corrected chi connectivity index (χ0v) is 8.70. The number of nitrogens with zero attached hydrogens (tertiary/aromatic N) is 1. The van der Waals surface area contributed by atoms with Crippen LogP contribution in [0.4, 0.5) is 5.69 Å². The first-order valence-corrected chi connectivity index (χ1v) is 4.81. The molecule has 78 valence electrons. The van der Waals surface area contributed by atoms with E-state index in [2.05, 4.69) is 4.98 Å². The van der Waals surface area contributed by atoms with Crippen LogP contribution in [0, 0.1) is 0 Å². The van der Waals surface area contributed by atoms with Crippen molar-refractivity contribution >= 4 is 22.6 Å². The molecule has 1 aromatic carbocycles. The van der Waals surface area contributed by atoms with E-state index in [0.29, 0.717) is 34.7 Å². The number of hydrogen-bond acceptors (Lipinski definition) is 4. The number of aromatic nitrogens is 1. The topological polar surface area (TPSA) is 69.1 Å². The average molecular weight is 204 g/mol. The van der Waals surface area contributed by atoms with E-state index in [4.69, 9.17) is 10.2 Å². The second kappa shape index (κ2) is 3.38. The summed E-state index contributed by atoms with van der Waals surface area (Å²) in [7, 11) is 0. The van der Waals surface area contributed by atoms with Gasteiger partial charge in [-0.1, -0.05) is 6.92 Å². The monoisotopic (exact) mass is 204 g/mol. The number of rotatable bonds is 2. The SMILES string of the molecule is CCc1nc2cc(N)cc(C(C)=O)c2o1. The highest BCUT2D eigenvalue weighted by Gasteiger charge is 2.13. The zero-order valence-electron chi connectivity index (χ0n) is 8.70. The Morgan fingerprint density at radius 3 is 2.87 bits per heavy atom. The predicted octanol–water partition coefficient (Wildman–Crippen LogP) is 2.17. The minimum atomic E-state index is -0.0638. The van der Waals surface area contributed by atoms with Gasteiger partial charge in [0.25, 0.3) is 0 Å². The Balaban J connectivity index is 2.77. The number of aryl methyl sites for hydroxylation is 1. The quantitative estimate of drug-likeness (QED) is 0.601. The summed E-state index contributed by atoms with van der Waals surface area (Å²) in [6.07, 6.45) is 0.700. The maximum Gasteiger partial charge on any atom is 0.195 e. The van der Waals surface area contributed by atoms with Crippen LogP contribution in [0.1, 0.15) is 30.1 Å². The van der Waals surface area contributed by atoms with Gasteiger partial charge in [-0.3, -0.25) is 4.79 Å². The molecule has 0 unspecified atom stereocenters. The maximum absolute atomic E-state index is 11.4. The van der Waals surface area contributed by atoms with Gasteiger partial charge in [-0.25, -0.2) is 4.98 Å². The van der Waals surface area contributed by atoms with Crippen LogP contribution < -0.4 is 5.73 Å². The molecule has 2 aromatic rings. The molecule has 0 bridgehead atoms. The summed E-state index contributed by atoms with van der Waals surface area (Å²) in [5.74, 6) is 0.559. The van der Waals surface area contributed by atoms with Crippen molar-refractivity contribution in [2.45, 2.75) is 20.3 Å². The summed E-state index contributed by atoms with van der Waals surface area (Å²) < 4.78 is 5.48. The first kappa shape index (κ1) is 9.71. The number of nitrogens with two attached hydrogens (primary N) is 1. The van der Waals surface area contributed by atoms with Gasteiger partial charge < -0.3 is 10.2 Å². The van der Waals surface area contributed by atoms with Crippen LogP contribution in [-0.2, 0) is 6.42 Å². The highest BCUT2D eigenvalue weighted by atomic mass is 16.3. The number of Topliss-reactive ketones (excluding diaryl/α,β-unsaturated/α-hetero) is 1. The lowest BCUT2D eigenvalue weighted by atomic mass is 10.1. The Bertz CT molecular complexity index is 529. The van der Waals surface area contributed by atoms with Crippen molar-refractivity contribution in [3.05, 3.63) is 23.6 Å². The van der Waals surface area contributed by atoms with E-state index in [1.165, 1.54) is 6.92 Å². The fraction of sp³-hybridized carbons (Fsp3) is 0.273. The smallest absolute Gasteiger partial charge is 0.195 e. The highest BCUT2D eigenvalue weighted by Crippen LogP contribution is 2.24. The molecule has 1 heterocycles. The Labute approximate surface area is 87.1 Å². The van der Waals surface area contributed by atoms with Crippen LogP contribution in [0.15, 0.2) is 16.5 Å². The minimum Gasteiger partial charge on any atom is -0.440 e. The molecule has 0 radical (unpaired) electrons. The molecule has 2 rings (SSSR count). The molecular formula is C11H12N2O2. The fourth-order valence-electron chi connectivity index (χ4n) is 1.51. The predicted molar refractivity (Wildman–Crippen MR) is 57.8 cm³/mol. The number of carbonyl (C=O) groups is 1. The Hall–Kier alpha value is -1.84. The van der Waals surface area contributed by atoms with Crippen molar-refractivity contribution in [1.82, 2.24) is 4.98 Å². The summed E-state index contributed by atoms with van der Waals surface area (Å²) in [5, 5.41) is 0. The lowest BCUT2D eigenvalue weighted by molar-refractivity contribution is 0.101. The van der Waals surface area contributed by atoms with E-state index in [0.717, 1.165) is 0 Å². The molecule has 0 aliphatic heterocycles. The summed E-state index contributed by atoms with van der Waals surface area (Å²) in [5.41, 5.74) is 7.89. The van der Waals surface area contributed by atoms with Crippen molar-refractivity contribution < 1.29 is 9.21 Å². The normalized spacial score (nSPS) is 10.8. The van der Waals surface area contributed by atoms with Gasteiger partial charge in [0.15, 0.2) is 17.3 Å². The lowest BCUT2D eigenvalue weighted by Gasteiger charge is -1.98. The lowest BCUT2D eigenvalue weighted by Crippen LogP contribution is -1.95. The number of ketones is 1. The first-order chi connectivity index (χ1) is 7.11. The number of carbonyl (C=O) groups excluding carboxylic acids is 1. The summed E-state index contributed by atoms with van der Waals surface area (Å²) in [6.45, 7) is 3.43. The van der Waals surface area contributed by atoms with Gasteiger partial charge in [-0.05, 0) is 19.1 Å². The summed E-state index contributed by atoms with van der Waals surface area (Å²) in [4.78, 5) is 15.6. The molecule has 4 heteroatoms. The molecule has 4 nitrogen and oxygen atoms in total. The van der Waals surface area contributed by atoms with E-state index in [9.17, 15) is 4.79 Å². The molecule has 0 fully saturated rings. The number of fused-ring (bicyclic) bond motifs is 1. The Morgan fingerprint density at radius 2 is 2.27 bits per heavy atom. The molecular weight excluding hydrogens is 192 g/mol. The molecule has 15 heavy (non-hydrogen) atoms. The Morgan fingerprint density at radius 1 is 1.53 bits per heavy atom. The third-order valence-electron chi connectivity index (χ3n) is 2.24. The Kier molecular flexibility index (Phi) is 2.19. The van der Waals surface area contributed by atoms with Crippen molar-refractivity contribution in [2.24, 2.45) is 0 Å². The third kappa shape index (κ3) is 1.58. The van der Waals surface area contributed by atoms with Gasteiger partial charge in [0, 0.05) is 12.1 Å². The van der Waals surface area contributed by atoms with Gasteiger partial charge >= 0.3 is 0 Å². The number of anilines is 1. The molecule has 0 saturated carbocycles. The van der Waals surface area contributed by atoms with Gasteiger partial charge in [0.2, 0.25) is 0 Å². The van der Waals surface area contributed by atoms with E-state index < -0.39 is 0 Å². The van der Waals surface area contributed by atoms with E-state index in [1.54, 1.807) is 12.1 Å². The van der Waals surface area contributed by atoms with Crippen LogP contribution >= 0.6 is 0 Å². The van der Waals surface area contributed by atoms with Crippen LogP contribution in [0.5, 0.6) is 0 Å². The van der Waals surface area contributed by atoms with Gasteiger partial charge in [-0.2, -0.15) is 0 Å². The van der Waals surface area contributed by atoms with E-state index in [1.807, 2.05) is 6.92 Å². The standard InChI is InChI=1S/C11H12N2O2/c1-3-10-13-9-5-7(12)4-8(6(2)14)11(9)15-10/h4-5H,3,12H2,1-2H3. The fourth-order valence-corrected chi connectivity index (χ4v) is 1.51. The van der Waals surface area contributed by atoms with Crippen molar-refractivity contribution in [2.75, 3.05) is 5.73 Å².